The van der Waals surface area contributed by atoms with Crippen LogP contribution < -0.4 is 4.74 Å². The van der Waals surface area contributed by atoms with Crippen molar-refractivity contribution >= 4 is 0 Å². The fourth-order valence-electron chi connectivity index (χ4n) is 1.33. The number of ether oxygens (including phenoxy) is 1. The summed E-state index contributed by atoms with van der Waals surface area (Å²) < 4.78 is 5.13. The summed E-state index contributed by atoms with van der Waals surface area (Å²) >= 11 is 0. The second-order valence-electron chi connectivity index (χ2n) is 3.91. The number of benzene rings is 1. The summed E-state index contributed by atoms with van der Waals surface area (Å²) in [4.78, 5) is 0. The lowest BCUT2D eigenvalue weighted by Gasteiger charge is -2.18. The van der Waals surface area contributed by atoms with Crippen LogP contribution in [0.5, 0.6) is 5.75 Å². The molecule has 0 aliphatic rings. The lowest BCUT2D eigenvalue weighted by atomic mass is 9.97. The number of hydrogen-bond acceptors (Lipinski definition) is 2. The number of hydrogen-bond donors (Lipinski definition) is 1. The topological polar surface area (TPSA) is 29.5 Å². The molecule has 1 aromatic rings. The average Bonchev–Trinajstić information content (AvgIpc) is 2.27. The van der Waals surface area contributed by atoms with Gasteiger partial charge in [-0.15, -0.1) is 6.58 Å². The Kier molecular flexibility index (Phi) is 3.92. The number of aryl methyl sites for hydroxylation is 1. The molecule has 0 heterocycles. The molecule has 0 bridgehead atoms. The first-order chi connectivity index (χ1) is 7.07. The molecule has 0 aromatic heterocycles. The molecule has 0 spiro atoms. The molecule has 0 amide bonds. The van der Waals surface area contributed by atoms with Crippen LogP contribution in [0.4, 0.5) is 0 Å². The van der Waals surface area contributed by atoms with E-state index in [2.05, 4.69) is 6.58 Å². The number of rotatable bonds is 5. The Labute approximate surface area is 91.2 Å². The van der Waals surface area contributed by atoms with Gasteiger partial charge in [0.1, 0.15) is 5.75 Å². The maximum absolute atomic E-state index is 9.76. The predicted molar refractivity (Wildman–Crippen MR) is 62.1 cm³/mol. The summed E-state index contributed by atoms with van der Waals surface area (Å²) in [5.74, 6) is 0.853. The van der Waals surface area contributed by atoms with Crippen LogP contribution in [0.1, 0.15) is 18.9 Å². The molecule has 2 heteroatoms. The van der Waals surface area contributed by atoms with E-state index >= 15 is 0 Å². The Morgan fingerprint density at radius 3 is 2.87 bits per heavy atom. The molecule has 1 aromatic carbocycles. The summed E-state index contributed by atoms with van der Waals surface area (Å²) in [6.07, 6.45) is 3.06. The van der Waals surface area contributed by atoms with Gasteiger partial charge in [0.25, 0.3) is 0 Å². The van der Waals surface area contributed by atoms with E-state index in [0.717, 1.165) is 17.7 Å². The maximum atomic E-state index is 9.76. The molecule has 0 saturated carbocycles. The highest BCUT2D eigenvalue weighted by atomic mass is 16.5. The van der Waals surface area contributed by atoms with Crippen molar-refractivity contribution in [2.45, 2.75) is 25.4 Å². The van der Waals surface area contributed by atoms with Gasteiger partial charge in [0.05, 0.1) is 12.7 Å². The third kappa shape index (κ3) is 3.76. The van der Waals surface area contributed by atoms with E-state index < -0.39 is 5.60 Å². The Morgan fingerprint density at radius 2 is 2.27 bits per heavy atom. The van der Waals surface area contributed by atoms with E-state index in [-0.39, 0.29) is 0 Å². The van der Waals surface area contributed by atoms with E-state index in [9.17, 15) is 5.11 Å². The van der Waals surface area contributed by atoms with Gasteiger partial charge in [0.15, 0.2) is 0 Å². The SMILES string of the molecule is C=CC(C)(O)CCc1cccc(OC)c1. The minimum absolute atomic E-state index is 0.670. The van der Waals surface area contributed by atoms with Crippen molar-refractivity contribution in [1.82, 2.24) is 0 Å². The second kappa shape index (κ2) is 4.99. The molecule has 0 aliphatic carbocycles. The van der Waals surface area contributed by atoms with E-state index in [1.807, 2.05) is 24.3 Å². The molecule has 1 rings (SSSR count). The van der Waals surface area contributed by atoms with Crippen LogP contribution in [0.25, 0.3) is 0 Å². The lowest BCUT2D eigenvalue weighted by Crippen LogP contribution is -2.20. The number of methoxy groups -OCH3 is 1. The molecule has 0 radical (unpaired) electrons. The van der Waals surface area contributed by atoms with Crippen molar-refractivity contribution in [2.24, 2.45) is 0 Å². The molecule has 15 heavy (non-hydrogen) atoms. The largest absolute Gasteiger partial charge is 0.497 e. The Balaban J connectivity index is 2.61. The van der Waals surface area contributed by atoms with Gasteiger partial charge < -0.3 is 9.84 Å². The highest BCUT2D eigenvalue weighted by Gasteiger charge is 2.14. The standard InChI is InChI=1S/C13H18O2/c1-4-13(2,14)9-8-11-6-5-7-12(10-11)15-3/h4-7,10,14H,1,8-9H2,2-3H3. The normalized spacial score (nSPS) is 14.3. The summed E-state index contributed by atoms with van der Waals surface area (Å²) in [6.45, 7) is 5.37. The summed E-state index contributed by atoms with van der Waals surface area (Å²) in [7, 11) is 1.65. The van der Waals surface area contributed by atoms with Crippen LogP contribution in [0, 0.1) is 0 Å². The van der Waals surface area contributed by atoms with Gasteiger partial charge in [0.2, 0.25) is 0 Å². The Morgan fingerprint density at radius 1 is 1.53 bits per heavy atom. The van der Waals surface area contributed by atoms with E-state index in [1.54, 1.807) is 20.1 Å². The van der Waals surface area contributed by atoms with Crippen molar-refractivity contribution in [2.75, 3.05) is 7.11 Å². The fourth-order valence-corrected chi connectivity index (χ4v) is 1.33. The van der Waals surface area contributed by atoms with Crippen molar-refractivity contribution in [3.8, 4) is 5.75 Å². The highest BCUT2D eigenvalue weighted by Crippen LogP contribution is 2.18. The first kappa shape index (κ1) is 11.8. The quantitative estimate of drug-likeness (QED) is 0.750. The molecule has 1 N–H and O–H groups in total. The molecular formula is C13H18O2. The Hall–Kier alpha value is -1.28. The fraction of sp³-hybridized carbons (Fsp3) is 0.385. The van der Waals surface area contributed by atoms with Crippen LogP contribution in [0.3, 0.4) is 0 Å². The Bertz CT molecular complexity index is 329. The minimum Gasteiger partial charge on any atom is -0.497 e. The molecule has 1 unspecified atom stereocenters. The molecule has 1 atom stereocenters. The molecule has 2 nitrogen and oxygen atoms in total. The smallest absolute Gasteiger partial charge is 0.119 e. The van der Waals surface area contributed by atoms with E-state index in [0.29, 0.717) is 6.42 Å². The van der Waals surface area contributed by atoms with Crippen LogP contribution in [0.2, 0.25) is 0 Å². The van der Waals surface area contributed by atoms with Gasteiger partial charge in [-0.2, -0.15) is 0 Å². The third-order valence-corrected chi connectivity index (χ3v) is 2.49. The van der Waals surface area contributed by atoms with Gasteiger partial charge in [-0.3, -0.25) is 0 Å². The summed E-state index contributed by atoms with van der Waals surface area (Å²) in [5, 5.41) is 9.76. The lowest BCUT2D eigenvalue weighted by molar-refractivity contribution is 0.103. The molecule has 0 fully saturated rings. The first-order valence-corrected chi connectivity index (χ1v) is 5.06. The third-order valence-electron chi connectivity index (χ3n) is 2.49. The second-order valence-corrected chi connectivity index (χ2v) is 3.91. The highest BCUT2D eigenvalue weighted by molar-refractivity contribution is 5.28. The number of aliphatic hydroxyl groups is 1. The van der Waals surface area contributed by atoms with Gasteiger partial charge in [-0.05, 0) is 37.5 Å². The molecule has 0 aliphatic heterocycles. The van der Waals surface area contributed by atoms with Crippen LogP contribution in [0.15, 0.2) is 36.9 Å². The van der Waals surface area contributed by atoms with E-state index in [1.165, 1.54) is 0 Å². The zero-order valence-corrected chi connectivity index (χ0v) is 9.36. The van der Waals surface area contributed by atoms with Crippen LogP contribution >= 0.6 is 0 Å². The van der Waals surface area contributed by atoms with Gasteiger partial charge in [0, 0.05) is 0 Å². The molecular weight excluding hydrogens is 188 g/mol. The first-order valence-electron chi connectivity index (χ1n) is 5.06. The monoisotopic (exact) mass is 206 g/mol. The van der Waals surface area contributed by atoms with Gasteiger partial charge in [-0.1, -0.05) is 18.2 Å². The van der Waals surface area contributed by atoms with Crippen molar-refractivity contribution in [3.05, 3.63) is 42.5 Å². The van der Waals surface area contributed by atoms with Crippen LogP contribution in [-0.4, -0.2) is 17.8 Å². The van der Waals surface area contributed by atoms with Crippen molar-refractivity contribution in [3.63, 3.8) is 0 Å². The van der Waals surface area contributed by atoms with Crippen molar-refractivity contribution < 1.29 is 9.84 Å². The minimum atomic E-state index is -0.789. The zero-order chi connectivity index (χ0) is 11.3. The predicted octanol–water partition coefficient (Wildman–Crippen LogP) is 2.56. The molecule has 0 saturated heterocycles. The summed E-state index contributed by atoms with van der Waals surface area (Å²) in [5.41, 5.74) is 0.375. The van der Waals surface area contributed by atoms with Gasteiger partial charge >= 0.3 is 0 Å². The zero-order valence-electron chi connectivity index (χ0n) is 9.36. The maximum Gasteiger partial charge on any atom is 0.119 e. The van der Waals surface area contributed by atoms with Gasteiger partial charge in [-0.25, -0.2) is 0 Å². The van der Waals surface area contributed by atoms with Crippen molar-refractivity contribution in [1.29, 1.82) is 0 Å². The van der Waals surface area contributed by atoms with E-state index in [4.69, 9.17) is 4.74 Å². The molecule has 82 valence electrons. The average molecular weight is 206 g/mol. The summed E-state index contributed by atoms with van der Waals surface area (Å²) in [6, 6.07) is 7.88. The van der Waals surface area contributed by atoms with Crippen LogP contribution in [-0.2, 0) is 6.42 Å².